The lowest BCUT2D eigenvalue weighted by molar-refractivity contribution is -0.240. The molecule has 2 atom stereocenters. The number of hydrogen-bond acceptors (Lipinski definition) is 5. The number of sulfone groups is 1. The topological polar surface area (TPSA) is 95.5 Å². The predicted molar refractivity (Wildman–Crippen MR) is 137 cm³/mol. The summed E-state index contributed by atoms with van der Waals surface area (Å²) in [5.74, 6) is 3.64. The Hall–Kier alpha value is -3.81. The van der Waals surface area contributed by atoms with Crippen molar-refractivity contribution >= 4 is 21.4 Å². The molecule has 1 aliphatic rings. The lowest BCUT2D eigenvalue weighted by atomic mass is 9.91. The van der Waals surface area contributed by atoms with Gasteiger partial charge in [0.15, 0.2) is 9.84 Å². The maximum absolute atomic E-state index is 14.3. The number of halogens is 3. The first-order chi connectivity index (χ1) is 18.0. The van der Waals surface area contributed by atoms with Crippen LogP contribution in [-0.4, -0.2) is 38.0 Å². The zero-order valence-corrected chi connectivity index (χ0v) is 21.1. The first kappa shape index (κ1) is 27.2. The normalized spacial score (nSPS) is 15.9. The average molecular weight is 543 g/mol. The van der Waals surface area contributed by atoms with Crippen LogP contribution in [0.15, 0.2) is 83.8 Å². The van der Waals surface area contributed by atoms with Gasteiger partial charge in [-0.15, -0.1) is 0 Å². The van der Waals surface area contributed by atoms with Gasteiger partial charge in [0.05, 0.1) is 4.90 Å². The number of para-hydroxylation sites is 1. The third-order valence-corrected chi connectivity index (χ3v) is 8.34. The SMILES string of the molecule is CNC(=O)c1ccc(C#CC(O)(c2ccccc2NC(C2CC2)S(=O)(=O)c2ccccc2)C(F)(F)F)cc1. The van der Waals surface area contributed by atoms with Crippen LogP contribution in [0.4, 0.5) is 18.9 Å². The number of carbonyl (C=O) groups is 1. The maximum Gasteiger partial charge on any atom is 0.433 e. The van der Waals surface area contributed by atoms with E-state index in [1.807, 2.05) is 5.92 Å². The molecule has 0 saturated heterocycles. The molecule has 0 bridgehead atoms. The minimum absolute atomic E-state index is 0.0490. The van der Waals surface area contributed by atoms with Gasteiger partial charge in [-0.25, -0.2) is 8.42 Å². The number of aliphatic hydroxyl groups is 1. The molecule has 0 radical (unpaired) electrons. The third kappa shape index (κ3) is 5.54. The van der Waals surface area contributed by atoms with Gasteiger partial charge in [0, 0.05) is 29.4 Å². The highest BCUT2D eigenvalue weighted by molar-refractivity contribution is 7.92. The summed E-state index contributed by atoms with van der Waals surface area (Å²) in [7, 11) is -2.50. The molecule has 0 aliphatic heterocycles. The highest BCUT2D eigenvalue weighted by atomic mass is 32.2. The number of carbonyl (C=O) groups excluding carboxylic acids is 1. The Balaban J connectivity index is 1.74. The summed E-state index contributed by atoms with van der Waals surface area (Å²) in [6, 6.07) is 18.4. The summed E-state index contributed by atoms with van der Waals surface area (Å²) in [6.45, 7) is 0. The molecule has 10 heteroatoms. The summed E-state index contributed by atoms with van der Waals surface area (Å²) < 4.78 is 69.8. The molecule has 2 unspecified atom stereocenters. The van der Waals surface area contributed by atoms with Crippen LogP contribution in [0.2, 0.25) is 0 Å². The molecule has 3 N–H and O–H groups in total. The van der Waals surface area contributed by atoms with Crippen molar-refractivity contribution in [2.75, 3.05) is 12.4 Å². The fraction of sp³-hybridized carbons (Fsp3) is 0.250. The molecular weight excluding hydrogens is 517 g/mol. The molecule has 0 spiro atoms. The Bertz CT molecular complexity index is 1480. The van der Waals surface area contributed by atoms with E-state index in [4.69, 9.17) is 0 Å². The second kappa shape index (κ2) is 10.5. The largest absolute Gasteiger partial charge is 0.433 e. The van der Waals surface area contributed by atoms with Crippen LogP contribution in [-0.2, 0) is 15.4 Å². The monoisotopic (exact) mass is 542 g/mol. The fourth-order valence-electron chi connectivity index (χ4n) is 3.99. The Kier molecular flexibility index (Phi) is 7.54. The predicted octanol–water partition coefficient (Wildman–Crippen LogP) is 4.47. The lowest BCUT2D eigenvalue weighted by Crippen LogP contribution is -2.42. The Morgan fingerprint density at radius 1 is 0.974 bits per heavy atom. The van der Waals surface area contributed by atoms with Crippen LogP contribution in [0.25, 0.3) is 0 Å². The third-order valence-electron chi connectivity index (χ3n) is 6.24. The number of anilines is 1. The summed E-state index contributed by atoms with van der Waals surface area (Å²) in [6.07, 6.45) is -4.02. The van der Waals surface area contributed by atoms with E-state index >= 15 is 0 Å². The molecule has 0 heterocycles. The van der Waals surface area contributed by atoms with Gasteiger partial charge in [0.25, 0.3) is 11.5 Å². The summed E-state index contributed by atoms with van der Waals surface area (Å²) in [4.78, 5) is 11.8. The molecule has 0 aromatic heterocycles. The first-order valence-corrected chi connectivity index (χ1v) is 13.3. The number of rotatable bonds is 7. The molecule has 6 nitrogen and oxygen atoms in total. The quantitative estimate of drug-likeness (QED) is 0.383. The molecular formula is C28H25F3N2O4S. The van der Waals surface area contributed by atoms with E-state index in [1.54, 1.807) is 18.2 Å². The van der Waals surface area contributed by atoms with E-state index < -0.39 is 32.6 Å². The second-order valence-electron chi connectivity index (χ2n) is 8.92. The van der Waals surface area contributed by atoms with Crippen molar-refractivity contribution in [3.63, 3.8) is 0 Å². The number of amides is 1. The number of nitrogens with one attached hydrogen (secondary N) is 2. The molecule has 1 amide bonds. The maximum atomic E-state index is 14.3. The zero-order chi connectivity index (χ0) is 27.6. The van der Waals surface area contributed by atoms with E-state index in [-0.39, 0.29) is 28.0 Å². The van der Waals surface area contributed by atoms with Crippen LogP contribution in [0.1, 0.15) is 34.3 Å². The summed E-state index contributed by atoms with van der Waals surface area (Å²) in [5, 5.41) is 15.0. The van der Waals surface area contributed by atoms with Gasteiger partial charge in [0.2, 0.25) is 0 Å². The van der Waals surface area contributed by atoms with E-state index in [0.717, 1.165) is 6.07 Å². The van der Waals surface area contributed by atoms with Crippen molar-refractivity contribution in [2.24, 2.45) is 5.92 Å². The van der Waals surface area contributed by atoms with Crippen molar-refractivity contribution in [3.05, 3.63) is 95.6 Å². The minimum atomic E-state index is -5.22. The summed E-state index contributed by atoms with van der Waals surface area (Å²) >= 11 is 0. The highest BCUT2D eigenvalue weighted by Gasteiger charge is 2.56. The second-order valence-corrected chi connectivity index (χ2v) is 11.0. The van der Waals surface area contributed by atoms with Gasteiger partial charge in [-0.3, -0.25) is 4.79 Å². The van der Waals surface area contributed by atoms with Crippen molar-refractivity contribution in [1.82, 2.24) is 5.32 Å². The molecule has 198 valence electrons. The van der Waals surface area contributed by atoms with Crippen molar-refractivity contribution in [2.45, 2.75) is 34.9 Å². The van der Waals surface area contributed by atoms with Crippen LogP contribution in [0, 0.1) is 17.8 Å². The Morgan fingerprint density at radius 2 is 1.58 bits per heavy atom. The standard InChI is InChI=1S/C28H25F3N2O4S/c1-32-25(34)20-13-11-19(12-14-20)17-18-27(35,28(29,30)31)23-9-5-6-10-24(23)33-26(21-15-16-21)38(36,37)22-7-3-2-4-8-22/h2-14,21,26,33,35H,15-16H2,1H3,(H,32,34). The minimum Gasteiger partial charge on any atom is -0.368 e. The number of alkyl halides is 3. The number of hydrogen-bond donors (Lipinski definition) is 3. The van der Waals surface area contributed by atoms with Gasteiger partial charge in [0.1, 0.15) is 5.37 Å². The van der Waals surface area contributed by atoms with E-state index in [9.17, 15) is 31.5 Å². The molecule has 1 fully saturated rings. The van der Waals surface area contributed by atoms with Crippen LogP contribution >= 0.6 is 0 Å². The molecule has 38 heavy (non-hydrogen) atoms. The van der Waals surface area contributed by atoms with Gasteiger partial charge in [-0.1, -0.05) is 42.3 Å². The first-order valence-electron chi connectivity index (χ1n) is 11.8. The molecule has 3 aromatic rings. The lowest BCUT2D eigenvalue weighted by Gasteiger charge is -2.29. The van der Waals surface area contributed by atoms with E-state index in [2.05, 4.69) is 16.6 Å². The van der Waals surface area contributed by atoms with E-state index in [1.165, 1.54) is 61.6 Å². The molecule has 4 rings (SSSR count). The smallest absolute Gasteiger partial charge is 0.368 e. The highest BCUT2D eigenvalue weighted by Crippen LogP contribution is 2.44. The molecule has 1 saturated carbocycles. The van der Waals surface area contributed by atoms with Gasteiger partial charge < -0.3 is 15.7 Å². The van der Waals surface area contributed by atoms with Gasteiger partial charge >= 0.3 is 6.18 Å². The fourth-order valence-corrected chi connectivity index (χ4v) is 5.88. The zero-order valence-electron chi connectivity index (χ0n) is 20.3. The molecule has 3 aromatic carbocycles. The van der Waals surface area contributed by atoms with Crippen molar-refractivity contribution in [3.8, 4) is 11.8 Å². The number of benzene rings is 3. The van der Waals surface area contributed by atoms with Crippen LogP contribution in [0.3, 0.4) is 0 Å². The van der Waals surface area contributed by atoms with Crippen LogP contribution in [0.5, 0.6) is 0 Å². The molecule has 1 aliphatic carbocycles. The van der Waals surface area contributed by atoms with Gasteiger partial charge in [-0.05, 0) is 67.1 Å². The van der Waals surface area contributed by atoms with Gasteiger partial charge in [-0.2, -0.15) is 13.2 Å². The Labute approximate surface area is 218 Å². The Morgan fingerprint density at radius 3 is 2.16 bits per heavy atom. The van der Waals surface area contributed by atoms with Crippen molar-refractivity contribution < 1.29 is 31.5 Å². The van der Waals surface area contributed by atoms with E-state index in [0.29, 0.717) is 18.4 Å². The van der Waals surface area contributed by atoms with Crippen molar-refractivity contribution in [1.29, 1.82) is 0 Å². The summed E-state index contributed by atoms with van der Waals surface area (Å²) in [5.41, 5.74) is -3.97. The average Bonchev–Trinajstić information content (AvgIpc) is 3.75. The van der Waals surface area contributed by atoms with Crippen LogP contribution < -0.4 is 10.6 Å².